The SMILES string of the molecule is CNC(=O)NCCSc1cc(O)c2[nH]ncc2c1O. The fourth-order valence-electron chi connectivity index (χ4n) is 1.58. The number of fused-ring (bicyclic) bond motifs is 1. The van der Waals surface area contributed by atoms with E-state index in [4.69, 9.17) is 0 Å². The highest BCUT2D eigenvalue weighted by Gasteiger charge is 2.12. The molecule has 0 radical (unpaired) electrons. The highest BCUT2D eigenvalue weighted by molar-refractivity contribution is 7.99. The smallest absolute Gasteiger partial charge is 0.314 e. The van der Waals surface area contributed by atoms with Gasteiger partial charge >= 0.3 is 6.03 Å². The molecule has 1 aromatic heterocycles. The van der Waals surface area contributed by atoms with Crippen molar-refractivity contribution in [2.24, 2.45) is 0 Å². The second kappa shape index (κ2) is 5.70. The molecule has 0 saturated heterocycles. The van der Waals surface area contributed by atoms with Crippen LogP contribution in [0.15, 0.2) is 17.2 Å². The van der Waals surface area contributed by atoms with Crippen molar-refractivity contribution in [2.45, 2.75) is 4.90 Å². The van der Waals surface area contributed by atoms with Crippen molar-refractivity contribution >= 4 is 28.7 Å². The van der Waals surface area contributed by atoms with Gasteiger partial charge in [-0.3, -0.25) is 5.10 Å². The second-order valence-corrected chi connectivity index (χ2v) is 4.89. The fraction of sp³-hybridized carbons (Fsp3) is 0.273. The number of thioether (sulfide) groups is 1. The third-order valence-electron chi connectivity index (χ3n) is 2.52. The summed E-state index contributed by atoms with van der Waals surface area (Å²) in [6.45, 7) is 0.452. The lowest BCUT2D eigenvalue weighted by Crippen LogP contribution is -2.34. The van der Waals surface area contributed by atoms with Crippen LogP contribution in [0, 0.1) is 0 Å². The molecule has 0 spiro atoms. The average Bonchev–Trinajstić information content (AvgIpc) is 2.89. The van der Waals surface area contributed by atoms with Gasteiger partial charge in [-0.05, 0) is 6.07 Å². The number of hydrogen-bond acceptors (Lipinski definition) is 5. The van der Waals surface area contributed by atoms with Gasteiger partial charge in [-0.2, -0.15) is 5.10 Å². The molecule has 0 saturated carbocycles. The molecule has 0 aliphatic heterocycles. The van der Waals surface area contributed by atoms with Crippen molar-refractivity contribution in [1.82, 2.24) is 20.8 Å². The van der Waals surface area contributed by atoms with E-state index in [0.717, 1.165) is 0 Å². The molecule has 2 amide bonds. The van der Waals surface area contributed by atoms with Gasteiger partial charge in [0.25, 0.3) is 0 Å². The van der Waals surface area contributed by atoms with Crippen molar-refractivity contribution in [1.29, 1.82) is 0 Å². The topological polar surface area (TPSA) is 110 Å². The number of nitrogens with one attached hydrogen (secondary N) is 3. The standard InChI is InChI=1S/C11H14N4O3S/c1-12-11(18)13-2-3-19-8-4-7(16)9-6(10(8)17)5-14-15-9/h4-5,16-17H,2-3H2,1H3,(H,14,15)(H2,12,13,18). The molecule has 0 unspecified atom stereocenters. The maximum absolute atomic E-state index is 11.0. The number of urea groups is 1. The largest absolute Gasteiger partial charge is 0.506 e. The molecular weight excluding hydrogens is 268 g/mol. The van der Waals surface area contributed by atoms with Crippen molar-refractivity contribution in [3.8, 4) is 11.5 Å². The van der Waals surface area contributed by atoms with Crippen LogP contribution < -0.4 is 10.6 Å². The van der Waals surface area contributed by atoms with Gasteiger partial charge in [0.2, 0.25) is 0 Å². The van der Waals surface area contributed by atoms with Crippen LogP contribution in [0.4, 0.5) is 4.79 Å². The van der Waals surface area contributed by atoms with Crippen LogP contribution in [0.5, 0.6) is 11.5 Å². The van der Waals surface area contributed by atoms with Gasteiger partial charge in [0.1, 0.15) is 17.0 Å². The van der Waals surface area contributed by atoms with Crippen molar-refractivity contribution in [2.75, 3.05) is 19.3 Å². The number of aromatic amines is 1. The Kier molecular flexibility index (Phi) is 4.00. The maximum Gasteiger partial charge on any atom is 0.314 e. The Morgan fingerprint density at radius 2 is 2.32 bits per heavy atom. The van der Waals surface area contributed by atoms with Crippen LogP contribution in [0.25, 0.3) is 10.9 Å². The number of nitrogens with zero attached hydrogens (tertiary/aromatic N) is 1. The van der Waals surface area contributed by atoms with E-state index in [1.165, 1.54) is 24.0 Å². The molecule has 7 nitrogen and oxygen atoms in total. The van der Waals surface area contributed by atoms with Crippen LogP contribution in [0.1, 0.15) is 0 Å². The van der Waals surface area contributed by atoms with E-state index in [1.54, 1.807) is 7.05 Å². The molecule has 0 fully saturated rings. The Morgan fingerprint density at radius 1 is 1.53 bits per heavy atom. The molecule has 1 heterocycles. The van der Waals surface area contributed by atoms with E-state index in [0.29, 0.717) is 28.1 Å². The first-order valence-electron chi connectivity index (χ1n) is 5.60. The van der Waals surface area contributed by atoms with Crippen LogP contribution in [-0.4, -0.2) is 45.8 Å². The Hall–Kier alpha value is -2.09. The van der Waals surface area contributed by atoms with Crippen LogP contribution in [0.3, 0.4) is 0 Å². The quantitative estimate of drug-likeness (QED) is 0.326. The molecule has 102 valence electrons. The number of carbonyl (C=O) groups is 1. The number of H-pyrrole nitrogens is 1. The molecular formula is C11H14N4O3S. The first-order valence-corrected chi connectivity index (χ1v) is 6.58. The lowest BCUT2D eigenvalue weighted by molar-refractivity contribution is 0.243. The summed E-state index contributed by atoms with van der Waals surface area (Å²) in [5, 5.41) is 31.7. The summed E-state index contributed by atoms with van der Waals surface area (Å²) >= 11 is 1.34. The Bertz CT molecular complexity index is 599. The number of amides is 2. The van der Waals surface area contributed by atoms with Gasteiger partial charge < -0.3 is 20.8 Å². The van der Waals surface area contributed by atoms with Crippen LogP contribution in [0.2, 0.25) is 0 Å². The number of carbonyl (C=O) groups excluding carboxylic acids is 1. The summed E-state index contributed by atoms with van der Waals surface area (Å²) < 4.78 is 0. The number of aromatic hydroxyl groups is 2. The van der Waals surface area contributed by atoms with E-state index in [-0.39, 0.29) is 17.5 Å². The van der Waals surface area contributed by atoms with Gasteiger partial charge in [-0.15, -0.1) is 11.8 Å². The molecule has 2 rings (SSSR count). The third kappa shape index (κ3) is 2.84. The fourth-order valence-corrected chi connectivity index (χ4v) is 2.45. The minimum atomic E-state index is -0.252. The average molecular weight is 282 g/mol. The summed E-state index contributed by atoms with van der Waals surface area (Å²) in [5.41, 5.74) is 0.408. The normalized spacial score (nSPS) is 10.6. The first kappa shape index (κ1) is 13.3. The van der Waals surface area contributed by atoms with E-state index in [1.807, 2.05) is 0 Å². The molecule has 19 heavy (non-hydrogen) atoms. The Morgan fingerprint density at radius 3 is 3.05 bits per heavy atom. The summed E-state index contributed by atoms with van der Waals surface area (Å²) in [7, 11) is 1.54. The zero-order valence-electron chi connectivity index (χ0n) is 10.2. The van der Waals surface area contributed by atoms with Crippen molar-refractivity contribution in [3.63, 3.8) is 0 Å². The predicted molar refractivity (Wildman–Crippen MR) is 72.6 cm³/mol. The van der Waals surface area contributed by atoms with E-state index in [9.17, 15) is 15.0 Å². The van der Waals surface area contributed by atoms with Crippen molar-refractivity contribution in [3.05, 3.63) is 12.3 Å². The molecule has 5 N–H and O–H groups in total. The van der Waals surface area contributed by atoms with Crippen molar-refractivity contribution < 1.29 is 15.0 Å². The second-order valence-electron chi connectivity index (χ2n) is 3.76. The zero-order chi connectivity index (χ0) is 13.8. The van der Waals surface area contributed by atoms with E-state index >= 15 is 0 Å². The Balaban J connectivity index is 2.04. The predicted octanol–water partition coefficient (Wildman–Crippen LogP) is 0.995. The molecule has 0 bridgehead atoms. The molecule has 0 aliphatic rings. The highest BCUT2D eigenvalue weighted by Crippen LogP contribution is 2.39. The minimum absolute atomic E-state index is 0.0343. The molecule has 8 heteroatoms. The third-order valence-corrected chi connectivity index (χ3v) is 3.55. The summed E-state index contributed by atoms with van der Waals surface area (Å²) in [5.74, 6) is 0.683. The lowest BCUT2D eigenvalue weighted by Gasteiger charge is -2.07. The number of hydrogen-bond donors (Lipinski definition) is 5. The van der Waals surface area contributed by atoms with Gasteiger partial charge in [0.15, 0.2) is 0 Å². The van der Waals surface area contributed by atoms with E-state index < -0.39 is 0 Å². The molecule has 0 atom stereocenters. The summed E-state index contributed by atoms with van der Waals surface area (Å²) in [4.78, 5) is 11.5. The molecule has 0 aliphatic carbocycles. The number of phenolic OH excluding ortho intramolecular Hbond substituents is 2. The zero-order valence-corrected chi connectivity index (χ0v) is 11.0. The Labute approximate surface area is 113 Å². The van der Waals surface area contributed by atoms with Gasteiger partial charge in [-0.25, -0.2) is 4.79 Å². The van der Waals surface area contributed by atoms with Gasteiger partial charge in [0.05, 0.1) is 16.5 Å². The first-order chi connectivity index (χ1) is 9.13. The minimum Gasteiger partial charge on any atom is -0.506 e. The number of benzene rings is 1. The summed E-state index contributed by atoms with van der Waals surface area (Å²) in [6, 6.07) is 1.22. The van der Waals surface area contributed by atoms with E-state index in [2.05, 4.69) is 20.8 Å². The van der Waals surface area contributed by atoms with Gasteiger partial charge in [0, 0.05) is 19.3 Å². The number of rotatable bonds is 4. The van der Waals surface area contributed by atoms with Crippen LogP contribution in [-0.2, 0) is 0 Å². The number of phenols is 2. The number of aromatic nitrogens is 2. The highest BCUT2D eigenvalue weighted by atomic mass is 32.2. The monoisotopic (exact) mass is 282 g/mol. The van der Waals surface area contributed by atoms with Crippen LogP contribution >= 0.6 is 11.8 Å². The van der Waals surface area contributed by atoms with Gasteiger partial charge in [-0.1, -0.05) is 0 Å². The molecule has 2 aromatic rings. The molecule has 1 aromatic carbocycles. The lowest BCUT2D eigenvalue weighted by atomic mass is 10.2. The summed E-state index contributed by atoms with van der Waals surface area (Å²) in [6.07, 6.45) is 1.46. The maximum atomic E-state index is 11.0.